The summed E-state index contributed by atoms with van der Waals surface area (Å²) in [5, 5.41) is 28.3. The zero-order valence-electron chi connectivity index (χ0n) is 26.0. The number of phenolic OH excluding ortho intramolecular Hbond substituents is 1. The van der Waals surface area contributed by atoms with Gasteiger partial charge in [0.25, 0.3) is 0 Å². The minimum Gasteiger partial charge on any atom is -0.508 e. The van der Waals surface area contributed by atoms with Gasteiger partial charge in [0.2, 0.25) is 17.7 Å². The second kappa shape index (κ2) is 16.8. The Hall–Kier alpha value is -5.11. The Kier molecular flexibility index (Phi) is 12.9. The van der Waals surface area contributed by atoms with Gasteiger partial charge in [0.1, 0.15) is 23.9 Å². The molecule has 4 atom stereocenters. The van der Waals surface area contributed by atoms with Crippen molar-refractivity contribution in [2.75, 3.05) is 6.54 Å². The van der Waals surface area contributed by atoms with E-state index in [0.29, 0.717) is 12.0 Å². The van der Waals surface area contributed by atoms with Crippen LogP contribution >= 0.6 is 0 Å². The maximum Gasteiger partial charge on any atom is 0.326 e. The average Bonchev–Trinajstić information content (AvgIpc) is 3.41. The van der Waals surface area contributed by atoms with Crippen LogP contribution in [0.15, 0.2) is 59.7 Å². The first-order valence-corrected chi connectivity index (χ1v) is 15.1. The number of aliphatic imine (C=N–C) groups is 1. The van der Waals surface area contributed by atoms with Crippen molar-refractivity contribution in [3.8, 4) is 5.75 Å². The standard InChI is InChI=1S/C32H44N8O6/c1-18(2)14-26(39-28(42)23(33)15-19-9-11-21(41)12-10-19)30(44)38-25(8-5-13-36-32(34)35)29(43)40-27(31(45)46)16-20-17-37-24-7-4-3-6-22(20)24/h3-4,6-7,9-12,17-18,23,25-27,37,41H,5,8,13-16,33H2,1-2H3,(H,38,44)(H,39,42)(H,40,43)(H,45,46)(H4,34,35,36)/t23-,25-,26-,27-/m0/s1. The molecule has 0 saturated carbocycles. The summed E-state index contributed by atoms with van der Waals surface area (Å²) in [5.74, 6) is -3.18. The number of nitrogens with one attached hydrogen (secondary N) is 4. The minimum absolute atomic E-state index is 0.00467. The summed E-state index contributed by atoms with van der Waals surface area (Å²) < 4.78 is 0. The summed E-state index contributed by atoms with van der Waals surface area (Å²) in [6.07, 6.45) is 2.53. The number of para-hydroxylation sites is 1. The first-order chi connectivity index (χ1) is 21.8. The Bertz CT molecular complexity index is 1520. The van der Waals surface area contributed by atoms with Crippen molar-refractivity contribution < 1.29 is 29.4 Å². The van der Waals surface area contributed by atoms with Crippen LogP contribution in [0, 0.1) is 5.92 Å². The molecular weight excluding hydrogens is 592 g/mol. The number of nitrogens with two attached hydrogens (primary N) is 3. The Balaban J connectivity index is 1.74. The van der Waals surface area contributed by atoms with E-state index >= 15 is 0 Å². The molecule has 0 spiro atoms. The molecule has 0 aliphatic rings. The Morgan fingerprint density at radius 2 is 1.50 bits per heavy atom. The molecule has 248 valence electrons. The number of aromatic hydroxyl groups is 1. The number of aromatic amines is 1. The minimum atomic E-state index is -1.28. The first kappa shape index (κ1) is 35.4. The first-order valence-electron chi connectivity index (χ1n) is 15.1. The molecule has 3 rings (SSSR count). The van der Waals surface area contributed by atoms with Crippen LogP contribution in [-0.4, -0.2) is 75.6 Å². The zero-order chi connectivity index (χ0) is 33.8. The molecular formula is C32H44N8O6. The van der Waals surface area contributed by atoms with Crippen molar-refractivity contribution in [3.05, 3.63) is 65.9 Å². The molecule has 0 radical (unpaired) electrons. The van der Waals surface area contributed by atoms with Crippen LogP contribution < -0.4 is 33.2 Å². The fourth-order valence-corrected chi connectivity index (χ4v) is 5.00. The Labute approximate surface area is 267 Å². The molecule has 14 heteroatoms. The van der Waals surface area contributed by atoms with Gasteiger partial charge in [-0.3, -0.25) is 19.4 Å². The van der Waals surface area contributed by atoms with Gasteiger partial charge in [-0.15, -0.1) is 0 Å². The second-order valence-electron chi connectivity index (χ2n) is 11.6. The number of fused-ring (bicyclic) bond motifs is 1. The average molecular weight is 637 g/mol. The third-order valence-corrected chi connectivity index (χ3v) is 7.36. The maximum atomic E-state index is 13.5. The van der Waals surface area contributed by atoms with Crippen LogP contribution in [0.3, 0.4) is 0 Å². The van der Waals surface area contributed by atoms with E-state index in [1.54, 1.807) is 18.3 Å². The van der Waals surface area contributed by atoms with Gasteiger partial charge in [0.05, 0.1) is 6.04 Å². The van der Waals surface area contributed by atoms with Gasteiger partial charge in [0, 0.05) is 30.1 Å². The number of phenols is 1. The van der Waals surface area contributed by atoms with E-state index in [1.165, 1.54) is 12.1 Å². The van der Waals surface area contributed by atoms with Crippen molar-refractivity contribution in [3.63, 3.8) is 0 Å². The number of carboxylic acids is 1. The van der Waals surface area contributed by atoms with Crippen molar-refractivity contribution in [2.45, 2.75) is 70.1 Å². The zero-order valence-corrected chi connectivity index (χ0v) is 26.0. The van der Waals surface area contributed by atoms with Gasteiger partial charge in [-0.1, -0.05) is 44.2 Å². The summed E-state index contributed by atoms with van der Waals surface area (Å²) in [7, 11) is 0. The van der Waals surface area contributed by atoms with Crippen LogP contribution in [0.5, 0.6) is 5.75 Å². The monoisotopic (exact) mass is 636 g/mol. The number of rotatable bonds is 17. The summed E-state index contributed by atoms with van der Waals surface area (Å²) in [6.45, 7) is 3.94. The normalized spacial score (nSPS) is 13.7. The third-order valence-electron chi connectivity index (χ3n) is 7.36. The molecule has 14 nitrogen and oxygen atoms in total. The fraction of sp³-hybridized carbons (Fsp3) is 0.406. The molecule has 2 aromatic carbocycles. The second-order valence-corrected chi connectivity index (χ2v) is 11.6. The van der Waals surface area contributed by atoms with E-state index in [4.69, 9.17) is 17.2 Å². The summed E-state index contributed by atoms with van der Waals surface area (Å²) in [4.78, 5) is 59.3. The molecule has 3 aromatic rings. The number of amides is 3. The predicted octanol–water partition coefficient (Wildman–Crippen LogP) is 0.625. The summed E-state index contributed by atoms with van der Waals surface area (Å²) in [6, 6.07) is 9.25. The number of carbonyl (C=O) groups excluding carboxylic acids is 3. The SMILES string of the molecule is CC(C)C[C@H](NC(=O)[C@@H](N)Cc1ccc(O)cc1)C(=O)N[C@@H](CCCN=C(N)N)C(=O)N[C@@H](Cc1c[nH]c2ccccc12)C(=O)O. The lowest BCUT2D eigenvalue weighted by atomic mass is 10.0. The maximum absolute atomic E-state index is 13.5. The van der Waals surface area contributed by atoms with Gasteiger partial charge in [0.15, 0.2) is 5.96 Å². The van der Waals surface area contributed by atoms with Crippen LogP contribution in [0.4, 0.5) is 0 Å². The van der Waals surface area contributed by atoms with E-state index < -0.39 is 47.9 Å². The fourth-order valence-electron chi connectivity index (χ4n) is 5.00. The van der Waals surface area contributed by atoms with Gasteiger partial charge in [-0.2, -0.15) is 0 Å². The van der Waals surface area contributed by atoms with Crippen molar-refractivity contribution in [1.82, 2.24) is 20.9 Å². The van der Waals surface area contributed by atoms with Crippen LogP contribution in [0.1, 0.15) is 44.2 Å². The highest BCUT2D eigenvalue weighted by atomic mass is 16.4. The number of H-pyrrole nitrogens is 1. The smallest absolute Gasteiger partial charge is 0.326 e. The van der Waals surface area contributed by atoms with Crippen molar-refractivity contribution >= 4 is 40.6 Å². The number of hydrogen-bond acceptors (Lipinski definition) is 7. The number of aliphatic carboxylic acids is 1. The summed E-state index contributed by atoms with van der Waals surface area (Å²) >= 11 is 0. The Morgan fingerprint density at radius 1 is 0.870 bits per heavy atom. The number of aromatic nitrogens is 1. The van der Waals surface area contributed by atoms with Crippen molar-refractivity contribution in [2.24, 2.45) is 28.1 Å². The lowest BCUT2D eigenvalue weighted by molar-refractivity contribution is -0.142. The lowest BCUT2D eigenvalue weighted by Gasteiger charge is -2.26. The molecule has 1 heterocycles. The molecule has 0 aliphatic heterocycles. The number of carboxylic acid groups (broad SMARTS) is 1. The molecule has 0 unspecified atom stereocenters. The topological polar surface area (TPSA) is 251 Å². The molecule has 0 aliphatic carbocycles. The molecule has 0 saturated heterocycles. The molecule has 3 amide bonds. The number of guanidine groups is 1. The molecule has 0 bridgehead atoms. The van der Waals surface area contributed by atoms with E-state index in [9.17, 15) is 29.4 Å². The van der Waals surface area contributed by atoms with E-state index in [1.807, 2.05) is 38.1 Å². The van der Waals surface area contributed by atoms with Crippen LogP contribution in [-0.2, 0) is 32.0 Å². The third kappa shape index (κ3) is 10.8. The van der Waals surface area contributed by atoms with Crippen LogP contribution in [0.2, 0.25) is 0 Å². The lowest BCUT2D eigenvalue weighted by Crippen LogP contribution is -2.57. The number of carbonyl (C=O) groups is 4. The molecule has 12 N–H and O–H groups in total. The Morgan fingerprint density at radius 3 is 2.15 bits per heavy atom. The number of benzene rings is 2. The van der Waals surface area contributed by atoms with E-state index in [0.717, 1.165) is 16.5 Å². The molecule has 46 heavy (non-hydrogen) atoms. The summed E-state index contributed by atoms with van der Waals surface area (Å²) in [5.41, 5.74) is 19.2. The number of nitrogens with zero attached hydrogens (tertiary/aromatic N) is 1. The molecule has 0 fully saturated rings. The largest absolute Gasteiger partial charge is 0.508 e. The highest BCUT2D eigenvalue weighted by Gasteiger charge is 2.31. The van der Waals surface area contributed by atoms with Gasteiger partial charge < -0.3 is 48.3 Å². The molecule has 1 aromatic heterocycles. The van der Waals surface area contributed by atoms with Gasteiger partial charge >= 0.3 is 5.97 Å². The van der Waals surface area contributed by atoms with Gasteiger partial charge in [-0.25, -0.2) is 4.79 Å². The highest BCUT2D eigenvalue weighted by molar-refractivity contribution is 5.94. The van der Waals surface area contributed by atoms with E-state index in [2.05, 4.69) is 25.9 Å². The van der Waals surface area contributed by atoms with Crippen LogP contribution in [0.25, 0.3) is 10.9 Å². The highest BCUT2D eigenvalue weighted by Crippen LogP contribution is 2.19. The van der Waals surface area contributed by atoms with Gasteiger partial charge in [-0.05, 0) is 60.9 Å². The number of hydrogen-bond donors (Lipinski definition) is 9. The quantitative estimate of drug-likeness (QED) is 0.0571. The van der Waals surface area contributed by atoms with Crippen molar-refractivity contribution in [1.29, 1.82) is 0 Å². The predicted molar refractivity (Wildman–Crippen MR) is 175 cm³/mol. The van der Waals surface area contributed by atoms with E-state index in [-0.39, 0.29) is 49.9 Å².